The largest absolute Gasteiger partial charge is 0.464 e. The molecule has 3 rings (SSSR count). The minimum absolute atomic E-state index is 0.987. The molecule has 0 saturated heterocycles. The number of unbranched alkanes of at least 4 members (excludes halogenated alkanes) is 1. The molecule has 1 nitrogen and oxygen atoms in total. The van der Waals surface area contributed by atoms with Gasteiger partial charge in [0.25, 0.3) is 0 Å². The van der Waals surface area contributed by atoms with Gasteiger partial charge in [0.15, 0.2) is 0 Å². The molecular weight excluding hydrogens is 232 g/mol. The molecule has 1 heteroatoms. The first-order valence-corrected chi connectivity index (χ1v) is 6.72. The van der Waals surface area contributed by atoms with E-state index in [1.807, 2.05) is 12.3 Å². The van der Waals surface area contributed by atoms with Gasteiger partial charge in [0.1, 0.15) is 5.58 Å². The highest BCUT2D eigenvalue weighted by Gasteiger charge is 2.08. The van der Waals surface area contributed by atoms with Crippen molar-refractivity contribution in [2.24, 2.45) is 0 Å². The van der Waals surface area contributed by atoms with Gasteiger partial charge in [-0.2, -0.15) is 0 Å². The third-order valence-electron chi connectivity index (χ3n) is 3.52. The van der Waals surface area contributed by atoms with Crippen LogP contribution in [0.15, 0.2) is 59.2 Å². The van der Waals surface area contributed by atoms with E-state index in [9.17, 15) is 0 Å². The van der Waals surface area contributed by atoms with Crippen LogP contribution >= 0.6 is 0 Å². The maximum Gasteiger partial charge on any atom is 0.134 e. The third-order valence-corrected chi connectivity index (χ3v) is 3.52. The lowest BCUT2D eigenvalue weighted by Gasteiger charge is -2.01. The van der Waals surface area contributed by atoms with Crippen LogP contribution < -0.4 is 0 Å². The Morgan fingerprint density at radius 1 is 1.11 bits per heavy atom. The zero-order chi connectivity index (χ0) is 13.1. The molecule has 0 aliphatic carbocycles. The predicted molar refractivity (Wildman–Crippen MR) is 81.2 cm³/mol. The Kier molecular flexibility index (Phi) is 3.37. The van der Waals surface area contributed by atoms with Gasteiger partial charge in [0, 0.05) is 5.39 Å². The Morgan fingerprint density at radius 3 is 2.89 bits per heavy atom. The van der Waals surface area contributed by atoms with Crippen molar-refractivity contribution in [1.82, 2.24) is 0 Å². The van der Waals surface area contributed by atoms with Gasteiger partial charge >= 0.3 is 0 Å². The number of aryl methyl sites for hydroxylation is 1. The molecule has 2 aromatic carbocycles. The molecule has 3 aromatic rings. The predicted octanol–water partition coefficient (Wildman–Crippen LogP) is 5.30. The van der Waals surface area contributed by atoms with Gasteiger partial charge in [0.05, 0.1) is 6.26 Å². The molecule has 0 N–H and O–H groups in total. The van der Waals surface area contributed by atoms with Crippen molar-refractivity contribution >= 4 is 21.7 Å². The second-order valence-corrected chi connectivity index (χ2v) is 4.78. The van der Waals surface area contributed by atoms with Crippen LogP contribution in [0.3, 0.4) is 0 Å². The van der Waals surface area contributed by atoms with E-state index in [0.29, 0.717) is 0 Å². The zero-order valence-electron chi connectivity index (χ0n) is 10.9. The maximum absolute atomic E-state index is 5.68. The summed E-state index contributed by atoms with van der Waals surface area (Å²) in [6, 6.07) is 12.7. The van der Waals surface area contributed by atoms with Crippen LogP contribution in [-0.2, 0) is 6.42 Å². The van der Waals surface area contributed by atoms with Crippen molar-refractivity contribution in [3.8, 4) is 0 Å². The number of furan rings is 1. The van der Waals surface area contributed by atoms with Crippen molar-refractivity contribution in [2.75, 3.05) is 0 Å². The average Bonchev–Trinajstić information content (AvgIpc) is 2.87. The van der Waals surface area contributed by atoms with Crippen LogP contribution in [0.4, 0.5) is 0 Å². The normalized spacial score (nSPS) is 11.8. The Hall–Kier alpha value is -2.02. The lowest BCUT2D eigenvalue weighted by Crippen LogP contribution is -1.83. The minimum Gasteiger partial charge on any atom is -0.464 e. The highest BCUT2D eigenvalue weighted by molar-refractivity contribution is 6.07. The Balaban J connectivity index is 2.02. The van der Waals surface area contributed by atoms with Gasteiger partial charge in [-0.25, -0.2) is 0 Å². The van der Waals surface area contributed by atoms with E-state index in [1.165, 1.54) is 21.7 Å². The Labute approximate surface area is 113 Å². The van der Waals surface area contributed by atoms with Crippen LogP contribution in [0.1, 0.15) is 18.4 Å². The monoisotopic (exact) mass is 249 g/mol. The quantitative estimate of drug-likeness (QED) is 0.572. The zero-order valence-corrected chi connectivity index (χ0v) is 10.9. The molecule has 1 radical (unpaired) electrons. The van der Waals surface area contributed by atoms with Crippen LogP contribution in [0.2, 0.25) is 0 Å². The molecule has 0 fully saturated rings. The summed E-state index contributed by atoms with van der Waals surface area (Å²) in [5.41, 5.74) is 2.30. The van der Waals surface area contributed by atoms with Crippen LogP contribution in [0.25, 0.3) is 21.7 Å². The molecule has 1 heterocycles. The van der Waals surface area contributed by atoms with Crippen LogP contribution in [0, 0.1) is 6.92 Å². The van der Waals surface area contributed by atoms with E-state index in [2.05, 4.69) is 49.4 Å². The summed E-state index contributed by atoms with van der Waals surface area (Å²) in [6.45, 7) is 3.71. The number of hydrogen-bond donors (Lipinski definition) is 0. The molecule has 0 bridgehead atoms. The third kappa shape index (κ3) is 2.28. The van der Waals surface area contributed by atoms with Crippen molar-refractivity contribution < 1.29 is 4.42 Å². The van der Waals surface area contributed by atoms with E-state index in [4.69, 9.17) is 4.42 Å². The standard InChI is InChI=1S/C18H17O/c1-2-3-4-5-9-15-13-19-17-12-11-14-8-6-7-10-16(14)18(15)17/h2-3,6-8,10-13H,1,4-5,9H2. The average molecular weight is 249 g/mol. The van der Waals surface area contributed by atoms with Crippen molar-refractivity contribution in [3.63, 3.8) is 0 Å². The number of hydrogen-bond acceptors (Lipinski definition) is 1. The van der Waals surface area contributed by atoms with E-state index in [0.717, 1.165) is 24.8 Å². The molecular formula is C18H17O. The molecule has 95 valence electrons. The smallest absolute Gasteiger partial charge is 0.134 e. The van der Waals surface area contributed by atoms with Gasteiger partial charge in [-0.3, -0.25) is 0 Å². The highest BCUT2D eigenvalue weighted by Crippen LogP contribution is 2.30. The lowest BCUT2D eigenvalue weighted by atomic mass is 10.0. The molecule has 0 amide bonds. The van der Waals surface area contributed by atoms with Gasteiger partial charge in [-0.1, -0.05) is 42.5 Å². The summed E-state index contributed by atoms with van der Waals surface area (Å²) in [6.07, 6.45) is 9.13. The molecule has 0 spiro atoms. The van der Waals surface area contributed by atoms with E-state index in [1.54, 1.807) is 0 Å². The first-order valence-electron chi connectivity index (χ1n) is 6.72. The SMILES string of the molecule is [CH2]C=CCCCc1coc2ccc3ccccc3c12. The molecule has 0 aliphatic heterocycles. The molecule has 0 saturated carbocycles. The number of benzene rings is 2. The van der Waals surface area contributed by atoms with Gasteiger partial charge in [0.2, 0.25) is 0 Å². The van der Waals surface area contributed by atoms with Crippen LogP contribution in [-0.4, -0.2) is 0 Å². The topological polar surface area (TPSA) is 13.1 Å². The highest BCUT2D eigenvalue weighted by atomic mass is 16.3. The molecule has 0 aliphatic rings. The van der Waals surface area contributed by atoms with Gasteiger partial charge in [-0.15, -0.1) is 0 Å². The lowest BCUT2D eigenvalue weighted by molar-refractivity contribution is 0.609. The van der Waals surface area contributed by atoms with E-state index in [-0.39, 0.29) is 0 Å². The molecule has 0 atom stereocenters. The van der Waals surface area contributed by atoms with Crippen molar-refractivity contribution in [1.29, 1.82) is 0 Å². The number of rotatable bonds is 4. The Bertz CT molecular complexity index is 719. The van der Waals surface area contributed by atoms with Crippen molar-refractivity contribution in [2.45, 2.75) is 19.3 Å². The maximum atomic E-state index is 5.68. The van der Waals surface area contributed by atoms with Crippen molar-refractivity contribution in [3.05, 3.63) is 67.3 Å². The minimum atomic E-state index is 0.987. The number of allylic oxidation sites excluding steroid dienone is 2. The molecule has 1 aromatic heterocycles. The summed E-state index contributed by atoms with van der Waals surface area (Å²) in [5.74, 6) is 0. The summed E-state index contributed by atoms with van der Waals surface area (Å²) in [7, 11) is 0. The first-order chi connectivity index (χ1) is 9.40. The second kappa shape index (κ2) is 5.31. The second-order valence-electron chi connectivity index (χ2n) is 4.78. The summed E-state index contributed by atoms with van der Waals surface area (Å²) >= 11 is 0. The van der Waals surface area contributed by atoms with E-state index >= 15 is 0 Å². The van der Waals surface area contributed by atoms with Crippen LogP contribution in [0.5, 0.6) is 0 Å². The fourth-order valence-corrected chi connectivity index (χ4v) is 2.59. The Morgan fingerprint density at radius 2 is 2.00 bits per heavy atom. The fraction of sp³-hybridized carbons (Fsp3) is 0.167. The number of fused-ring (bicyclic) bond motifs is 3. The fourth-order valence-electron chi connectivity index (χ4n) is 2.59. The summed E-state index contributed by atoms with van der Waals surface area (Å²) in [5, 5.41) is 3.84. The summed E-state index contributed by atoms with van der Waals surface area (Å²) in [4.78, 5) is 0. The molecule has 0 unspecified atom stereocenters. The first kappa shape index (κ1) is 12.0. The van der Waals surface area contributed by atoms with Gasteiger partial charge in [-0.05, 0) is 48.6 Å². The van der Waals surface area contributed by atoms with Gasteiger partial charge < -0.3 is 4.42 Å². The van der Waals surface area contributed by atoms with E-state index < -0.39 is 0 Å². The molecule has 19 heavy (non-hydrogen) atoms. The summed E-state index contributed by atoms with van der Waals surface area (Å²) < 4.78 is 5.68.